The normalized spacial score (nSPS) is 22.9. The van der Waals surface area contributed by atoms with Gasteiger partial charge in [-0.2, -0.15) is 0 Å². The van der Waals surface area contributed by atoms with Gasteiger partial charge in [-0.3, -0.25) is 28.8 Å². The zero-order valence-corrected chi connectivity index (χ0v) is 25.6. The topological polar surface area (TPSA) is 208 Å². The Labute approximate surface area is 264 Å². The Bertz CT molecular complexity index is 1480. The number of aliphatic carboxylic acids is 1. The number of piperidine rings is 1. The van der Waals surface area contributed by atoms with Crippen LogP contribution in [0.15, 0.2) is 42.5 Å². The second-order valence-electron chi connectivity index (χ2n) is 11.6. The van der Waals surface area contributed by atoms with Crippen LogP contribution in [0.3, 0.4) is 0 Å². The fraction of sp³-hybridized carbons (Fsp3) is 0.484. The Morgan fingerprint density at radius 2 is 1.78 bits per heavy atom. The van der Waals surface area contributed by atoms with Crippen molar-refractivity contribution in [3.8, 4) is 0 Å². The van der Waals surface area contributed by atoms with Gasteiger partial charge in [0.05, 0.1) is 6.10 Å². The van der Waals surface area contributed by atoms with Crippen molar-refractivity contribution < 1.29 is 39.0 Å². The maximum absolute atomic E-state index is 14.0. The third kappa shape index (κ3) is 7.71. The molecule has 5 amide bonds. The van der Waals surface area contributed by atoms with Gasteiger partial charge in [-0.15, -0.1) is 11.6 Å². The van der Waals surface area contributed by atoms with Crippen LogP contribution >= 0.6 is 11.6 Å². The molecule has 2 aromatic carbocycles. The SMILES string of the molecule is CC(O)[C@H](NC(=O)[C@@]1(NC(=O)[C@@H]2CCCCN2C(=O)[C@H](CCC(=O)O)NC(=O)CCl)CC1c1ccc2ccccc2c1)C(N)=O. The van der Waals surface area contributed by atoms with Gasteiger partial charge < -0.3 is 36.8 Å². The summed E-state index contributed by atoms with van der Waals surface area (Å²) in [5.41, 5.74) is 4.68. The number of carbonyl (C=O) groups is 6. The van der Waals surface area contributed by atoms with Gasteiger partial charge in [0, 0.05) is 18.9 Å². The van der Waals surface area contributed by atoms with E-state index in [2.05, 4.69) is 16.0 Å². The Hall–Kier alpha value is -4.23. The molecule has 1 heterocycles. The highest BCUT2D eigenvalue weighted by Gasteiger charge is 2.62. The maximum Gasteiger partial charge on any atom is 0.303 e. The summed E-state index contributed by atoms with van der Waals surface area (Å²) in [7, 11) is 0. The van der Waals surface area contributed by atoms with E-state index in [9.17, 15) is 39.0 Å². The largest absolute Gasteiger partial charge is 0.481 e. The third-order valence-electron chi connectivity index (χ3n) is 8.45. The number of halogens is 1. The quantitative estimate of drug-likeness (QED) is 0.169. The predicted molar refractivity (Wildman–Crippen MR) is 164 cm³/mol. The van der Waals surface area contributed by atoms with Crippen molar-refractivity contribution in [1.82, 2.24) is 20.9 Å². The first-order chi connectivity index (χ1) is 21.4. The van der Waals surface area contributed by atoms with Gasteiger partial charge in [-0.05, 0) is 55.4 Å². The van der Waals surface area contributed by atoms with Crippen LogP contribution in [-0.4, -0.2) is 92.8 Å². The summed E-state index contributed by atoms with van der Waals surface area (Å²) >= 11 is 5.61. The molecular weight excluding hydrogens is 606 g/mol. The van der Waals surface area contributed by atoms with E-state index >= 15 is 0 Å². The molecule has 2 fully saturated rings. The molecule has 7 N–H and O–H groups in total. The molecule has 242 valence electrons. The highest BCUT2D eigenvalue weighted by Crippen LogP contribution is 2.52. The number of fused-ring (bicyclic) bond motifs is 1. The van der Waals surface area contributed by atoms with E-state index in [1.54, 1.807) is 0 Å². The van der Waals surface area contributed by atoms with Crippen LogP contribution in [0.1, 0.15) is 56.9 Å². The number of aliphatic hydroxyl groups is 1. The van der Waals surface area contributed by atoms with Crippen molar-refractivity contribution in [3.05, 3.63) is 48.0 Å². The Balaban J connectivity index is 1.62. The lowest BCUT2D eigenvalue weighted by Crippen LogP contribution is -2.62. The summed E-state index contributed by atoms with van der Waals surface area (Å²) in [4.78, 5) is 78.0. The molecule has 1 aliphatic heterocycles. The number of benzene rings is 2. The van der Waals surface area contributed by atoms with Gasteiger partial charge in [0.1, 0.15) is 29.5 Å². The summed E-state index contributed by atoms with van der Waals surface area (Å²) in [6, 6.07) is 9.71. The van der Waals surface area contributed by atoms with Crippen molar-refractivity contribution >= 4 is 57.9 Å². The number of hydrogen-bond donors (Lipinski definition) is 6. The Morgan fingerprint density at radius 1 is 1.07 bits per heavy atom. The zero-order chi connectivity index (χ0) is 32.9. The van der Waals surface area contributed by atoms with E-state index in [1.165, 1.54) is 11.8 Å². The van der Waals surface area contributed by atoms with Crippen LogP contribution in [0.5, 0.6) is 0 Å². The first-order valence-electron chi connectivity index (χ1n) is 14.8. The monoisotopic (exact) mass is 643 g/mol. The minimum absolute atomic E-state index is 0.177. The predicted octanol–water partition coefficient (Wildman–Crippen LogP) is 0.503. The van der Waals surface area contributed by atoms with Crippen LogP contribution in [0.25, 0.3) is 10.8 Å². The van der Waals surface area contributed by atoms with E-state index in [4.69, 9.17) is 17.3 Å². The molecule has 14 heteroatoms. The van der Waals surface area contributed by atoms with Crippen LogP contribution in [0, 0.1) is 0 Å². The molecule has 2 aliphatic rings. The average Bonchev–Trinajstić information content (AvgIpc) is 3.75. The molecule has 0 bridgehead atoms. The van der Waals surface area contributed by atoms with Crippen molar-refractivity contribution in [1.29, 1.82) is 0 Å². The fourth-order valence-electron chi connectivity index (χ4n) is 5.96. The lowest BCUT2D eigenvalue weighted by atomic mass is 9.97. The second-order valence-corrected chi connectivity index (χ2v) is 11.9. The Kier molecular flexibility index (Phi) is 10.7. The molecule has 13 nitrogen and oxygen atoms in total. The number of carboxylic acid groups (broad SMARTS) is 1. The van der Waals surface area contributed by atoms with Gasteiger partial charge >= 0.3 is 5.97 Å². The van der Waals surface area contributed by atoms with Crippen LogP contribution in [0.2, 0.25) is 0 Å². The summed E-state index contributed by atoms with van der Waals surface area (Å²) in [6.07, 6.45) is -0.269. The highest BCUT2D eigenvalue weighted by atomic mass is 35.5. The molecule has 6 atom stereocenters. The molecule has 2 aromatic rings. The highest BCUT2D eigenvalue weighted by molar-refractivity contribution is 6.27. The molecule has 1 aliphatic carbocycles. The zero-order valence-electron chi connectivity index (χ0n) is 24.8. The van der Waals surface area contributed by atoms with E-state index in [0.29, 0.717) is 12.8 Å². The number of primary amides is 1. The molecule has 1 saturated heterocycles. The minimum Gasteiger partial charge on any atom is -0.481 e. The third-order valence-corrected chi connectivity index (χ3v) is 8.70. The van der Waals surface area contributed by atoms with Crippen LogP contribution < -0.4 is 21.7 Å². The number of alkyl halides is 1. The van der Waals surface area contributed by atoms with Crippen LogP contribution in [0.4, 0.5) is 0 Å². The van der Waals surface area contributed by atoms with Gasteiger partial charge in [-0.25, -0.2) is 0 Å². The first-order valence-corrected chi connectivity index (χ1v) is 15.4. The van der Waals surface area contributed by atoms with Crippen molar-refractivity contribution in [2.24, 2.45) is 5.73 Å². The average molecular weight is 644 g/mol. The smallest absolute Gasteiger partial charge is 0.303 e. The Morgan fingerprint density at radius 3 is 2.42 bits per heavy atom. The van der Waals surface area contributed by atoms with Crippen molar-refractivity contribution in [3.63, 3.8) is 0 Å². The minimum atomic E-state index is -1.51. The lowest BCUT2D eigenvalue weighted by molar-refractivity contribution is -0.146. The number of nitrogens with zero attached hydrogens (tertiary/aromatic N) is 1. The van der Waals surface area contributed by atoms with E-state index in [0.717, 1.165) is 16.3 Å². The molecule has 0 spiro atoms. The van der Waals surface area contributed by atoms with Crippen LogP contribution in [-0.2, 0) is 28.8 Å². The number of carbonyl (C=O) groups excluding carboxylic acids is 5. The molecule has 1 saturated carbocycles. The van der Waals surface area contributed by atoms with Gasteiger partial charge in [-0.1, -0.05) is 42.5 Å². The second kappa shape index (κ2) is 14.2. The van der Waals surface area contributed by atoms with Gasteiger partial charge in [0.2, 0.25) is 29.5 Å². The number of amides is 5. The molecular formula is C31H38ClN5O8. The van der Waals surface area contributed by atoms with Crippen molar-refractivity contribution in [2.75, 3.05) is 12.4 Å². The molecule has 2 unspecified atom stereocenters. The number of aliphatic hydroxyl groups excluding tert-OH is 1. The van der Waals surface area contributed by atoms with Crippen molar-refractivity contribution in [2.45, 2.75) is 81.1 Å². The standard InChI is InChI=1S/C31H38ClN5O8/c1-17(38)26(27(33)42)35-30(45)31(15-21(31)20-10-9-18-6-2-3-7-19(18)14-20)36-28(43)23-8-4-5-13-37(23)29(44)22(11-12-25(40)41)34-24(39)16-32/h2-3,6-7,9-10,14,17,21-23,26,38H,4-5,8,11-13,15-16H2,1H3,(H2,33,42)(H,34,39)(H,35,45)(H,36,43)(H,40,41)/t17?,21?,22-,23-,26-,31+/m0/s1. The summed E-state index contributed by atoms with van der Waals surface area (Å²) in [6.45, 7) is 1.49. The molecule has 0 aromatic heterocycles. The summed E-state index contributed by atoms with van der Waals surface area (Å²) < 4.78 is 0. The van der Waals surface area contributed by atoms with Gasteiger partial charge in [0.25, 0.3) is 0 Å². The summed E-state index contributed by atoms with van der Waals surface area (Å²) in [5, 5.41) is 29.0. The number of nitrogens with two attached hydrogens (primary N) is 1. The molecule has 4 rings (SSSR count). The van der Waals surface area contributed by atoms with E-state index < -0.39 is 83.5 Å². The number of carboxylic acids is 1. The van der Waals surface area contributed by atoms with E-state index in [1.807, 2.05) is 42.5 Å². The molecule has 45 heavy (non-hydrogen) atoms. The number of likely N-dealkylation sites (tertiary alicyclic amines) is 1. The number of rotatable bonds is 13. The fourth-order valence-corrected chi connectivity index (χ4v) is 6.04. The number of nitrogens with one attached hydrogen (secondary N) is 3. The maximum atomic E-state index is 14.0. The van der Waals surface area contributed by atoms with E-state index in [-0.39, 0.29) is 25.8 Å². The lowest BCUT2D eigenvalue weighted by Gasteiger charge is -2.38. The first kappa shape index (κ1) is 33.7. The number of hydrogen-bond acceptors (Lipinski definition) is 7. The summed E-state index contributed by atoms with van der Waals surface area (Å²) in [5.74, 6) is -5.64. The molecule has 0 radical (unpaired) electrons. The van der Waals surface area contributed by atoms with Gasteiger partial charge in [0.15, 0.2) is 0 Å².